The Morgan fingerprint density at radius 1 is 0.857 bits per heavy atom. The molecule has 0 amide bonds. The van der Waals surface area contributed by atoms with E-state index in [1.165, 1.54) is 5.56 Å². The van der Waals surface area contributed by atoms with Crippen molar-refractivity contribution >= 4 is 0 Å². The van der Waals surface area contributed by atoms with Gasteiger partial charge in [0.1, 0.15) is 17.3 Å². The summed E-state index contributed by atoms with van der Waals surface area (Å²) in [6, 6.07) is 19.7. The summed E-state index contributed by atoms with van der Waals surface area (Å²) in [6.07, 6.45) is 0. The van der Waals surface area contributed by atoms with Crippen LogP contribution in [0.1, 0.15) is 34.1 Å². The van der Waals surface area contributed by atoms with Crippen molar-refractivity contribution in [3.63, 3.8) is 0 Å². The van der Waals surface area contributed by atoms with Gasteiger partial charge in [0.25, 0.3) is 0 Å². The van der Waals surface area contributed by atoms with Crippen molar-refractivity contribution in [2.75, 3.05) is 0 Å². The van der Waals surface area contributed by atoms with Crippen LogP contribution in [0.25, 0.3) is 0 Å². The van der Waals surface area contributed by atoms with E-state index in [9.17, 15) is 5.11 Å². The molecule has 0 aliphatic rings. The van der Waals surface area contributed by atoms with Gasteiger partial charge in [0, 0.05) is 5.56 Å². The quantitative estimate of drug-likeness (QED) is 0.747. The maximum atomic E-state index is 10.2. The summed E-state index contributed by atoms with van der Waals surface area (Å²) in [4.78, 5) is 0. The molecular weight excluding hydrogens is 260 g/mol. The van der Waals surface area contributed by atoms with Crippen LogP contribution in [0.2, 0.25) is 0 Å². The van der Waals surface area contributed by atoms with E-state index >= 15 is 0 Å². The molecule has 2 aromatic carbocycles. The van der Waals surface area contributed by atoms with E-state index in [2.05, 4.69) is 31.2 Å². The standard InChI is InChI=1S/C19H18O2/c1-13-7-10-15(11-8-13)19(18-12-9-14(2)21-18)16-5-3-4-6-17(16)20/h3-12,19-20H,1-2H3. The first-order valence-corrected chi connectivity index (χ1v) is 7.06. The zero-order valence-electron chi connectivity index (χ0n) is 12.2. The zero-order chi connectivity index (χ0) is 14.8. The second kappa shape index (κ2) is 5.49. The fraction of sp³-hybridized carbons (Fsp3) is 0.158. The molecule has 0 bridgehead atoms. The Hall–Kier alpha value is -2.48. The number of rotatable bonds is 3. The molecule has 3 aromatic rings. The molecule has 0 radical (unpaired) electrons. The van der Waals surface area contributed by atoms with Crippen LogP contribution < -0.4 is 0 Å². The van der Waals surface area contributed by atoms with Crippen molar-refractivity contribution in [2.24, 2.45) is 0 Å². The Morgan fingerprint density at radius 2 is 1.57 bits per heavy atom. The number of aryl methyl sites for hydroxylation is 2. The van der Waals surface area contributed by atoms with Gasteiger partial charge in [0.15, 0.2) is 0 Å². The summed E-state index contributed by atoms with van der Waals surface area (Å²) < 4.78 is 5.83. The van der Waals surface area contributed by atoms with Crippen LogP contribution in [0.3, 0.4) is 0 Å². The average Bonchev–Trinajstić information content (AvgIpc) is 2.90. The van der Waals surface area contributed by atoms with Crippen molar-refractivity contribution in [2.45, 2.75) is 19.8 Å². The molecule has 1 N–H and O–H groups in total. The molecule has 21 heavy (non-hydrogen) atoms. The number of aromatic hydroxyl groups is 1. The molecule has 1 aromatic heterocycles. The van der Waals surface area contributed by atoms with Gasteiger partial charge < -0.3 is 9.52 Å². The second-order valence-electron chi connectivity index (χ2n) is 5.35. The average molecular weight is 278 g/mol. The summed E-state index contributed by atoms with van der Waals surface area (Å²) in [5, 5.41) is 10.2. The molecule has 1 unspecified atom stereocenters. The number of benzene rings is 2. The molecule has 0 aliphatic carbocycles. The van der Waals surface area contributed by atoms with E-state index in [1.54, 1.807) is 6.07 Å². The minimum atomic E-state index is -0.0968. The van der Waals surface area contributed by atoms with Gasteiger partial charge >= 0.3 is 0 Å². The highest BCUT2D eigenvalue weighted by Crippen LogP contribution is 2.37. The highest BCUT2D eigenvalue weighted by Gasteiger charge is 2.22. The number of phenolic OH excluding ortho intramolecular Hbond substituents is 1. The van der Waals surface area contributed by atoms with Gasteiger partial charge in [-0.3, -0.25) is 0 Å². The summed E-state index contributed by atoms with van der Waals surface area (Å²) in [5.41, 5.74) is 3.18. The lowest BCUT2D eigenvalue weighted by Gasteiger charge is -2.17. The van der Waals surface area contributed by atoms with Crippen molar-refractivity contribution in [1.82, 2.24) is 0 Å². The van der Waals surface area contributed by atoms with Gasteiger partial charge in [-0.15, -0.1) is 0 Å². The first kappa shape index (κ1) is 13.5. The van der Waals surface area contributed by atoms with Gasteiger partial charge in [-0.2, -0.15) is 0 Å². The predicted molar refractivity (Wildman–Crippen MR) is 83.7 cm³/mol. The van der Waals surface area contributed by atoms with Gasteiger partial charge in [0.2, 0.25) is 0 Å². The van der Waals surface area contributed by atoms with Crippen LogP contribution in [-0.4, -0.2) is 5.11 Å². The molecule has 1 atom stereocenters. The smallest absolute Gasteiger partial charge is 0.119 e. The van der Waals surface area contributed by atoms with E-state index in [0.717, 1.165) is 22.6 Å². The molecule has 0 saturated heterocycles. The summed E-state index contributed by atoms with van der Waals surface area (Å²) in [7, 11) is 0. The summed E-state index contributed by atoms with van der Waals surface area (Å²) in [5.74, 6) is 1.91. The monoisotopic (exact) mass is 278 g/mol. The van der Waals surface area contributed by atoms with Crippen LogP contribution >= 0.6 is 0 Å². The first-order valence-electron chi connectivity index (χ1n) is 7.06. The number of hydrogen-bond donors (Lipinski definition) is 1. The predicted octanol–water partition coefficient (Wildman–Crippen LogP) is 4.78. The van der Waals surface area contributed by atoms with Crippen molar-refractivity contribution < 1.29 is 9.52 Å². The third-order valence-corrected chi connectivity index (χ3v) is 3.70. The topological polar surface area (TPSA) is 33.4 Å². The largest absolute Gasteiger partial charge is 0.508 e. The van der Waals surface area contributed by atoms with E-state index in [1.807, 2.05) is 37.3 Å². The normalized spacial score (nSPS) is 12.3. The van der Waals surface area contributed by atoms with Crippen LogP contribution in [0.5, 0.6) is 5.75 Å². The number of para-hydroxylation sites is 1. The Balaban J connectivity index is 2.15. The van der Waals surface area contributed by atoms with Gasteiger partial charge in [0.05, 0.1) is 5.92 Å². The van der Waals surface area contributed by atoms with Crippen LogP contribution in [0.4, 0.5) is 0 Å². The zero-order valence-corrected chi connectivity index (χ0v) is 12.2. The maximum absolute atomic E-state index is 10.2. The lowest BCUT2D eigenvalue weighted by Crippen LogP contribution is -2.02. The Morgan fingerprint density at radius 3 is 2.19 bits per heavy atom. The molecule has 0 spiro atoms. The van der Waals surface area contributed by atoms with Crippen molar-refractivity contribution in [1.29, 1.82) is 0 Å². The minimum absolute atomic E-state index is 0.0968. The van der Waals surface area contributed by atoms with Crippen LogP contribution in [0, 0.1) is 13.8 Å². The molecule has 2 heteroatoms. The third-order valence-electron chi connectivity index (χ3n) is 3.70. The fourth-order valence-corrected chi connectivity index (χ4v) is 2.60. The molecule has 106 valence electrons. The second-order valence-corrected chi connectivity index (χ2v) is 5.35. The molecule has 1 heterocycles. The Labute approximate surface area is 124 Å². The fourth-order valence-electron chi connectivity index (χ4n) is 2.60. The third kappa shape index (κ3) is 2.70. The maximum Gasteiger partial charge on any atom is 0.119 e. The minimum Gasteiger partial charge on any atom is -0.508 e. The van der Waals surface area contributed by atoms with E-state index in [0.29, 0.717) is 0 Å². The van der Waals surface area contributed by atoms with Crippen LogP contribution in [0.15, 0.2) is 65.1 Å². The van der Waals surface area contributed by atoms with Gasteiger partial charge in [-0.25, -0.2) is 0 Å². The SMILES string of the molecule is Cc1ccc(C(c2ccc(C)o2)c2ccccc2O)cc1. The summed E-state index contributed by atoms with van der Waals surface area (Å²) in [6.45, 7) is 4.00. The van der Waals surface area contributed by atoms with E-state index < -0.39 is 0 Å². The molecule has 0 fully saturated rings. The lowest BCUT2D eigenvalue weighted by atomic mass is 9.88. The molecule has 3 rings (SSSR count). The highest BCUT2D eigenvalue weighted by molar-refractivity contribution is 5.46. The molecular formula is C19H18O2. The number of hydrogen-bond acceptors (Lipinski definition) is 2. The van der Waals surface area contributed by atoms with Crippen molar-refractivity contribution in [3.8, 4) is 5.75 Å². The Bertz CT molecular complexity index is 738. The molecule has 0 saturated carbocycles. The molecule has 0 aliphatic heterocycles. The van der Waals surface area contributed by atoms with Gasteiger partial charge in [-0.1, -0.05) is 48.0 Å². The van der Waals surface area contributed by atoms with Crippen molar-refractivity contribution in [3.05, 3.63) is 88.9 Å². The number of furan rings is 1. The first-order chi connectivity index (χ1) is 10.1. The highest BCUT2D eigenvalue weighted by atomic mass is 16.3. The summed E-state index contributed by atoms with van der Waals surface area (Å²) >= 11 is 0. The van der Waals surface area contributed by atoms with E-state index in [-0.39, 0.29) is 11.7 Å². The lowest BCUT2D eigenvalue weighted by molar-refractivity contribution is 0.450. The Kier molecular flexibility index (Phi) is 3.53. The number of phenols is 1. The molecule has 2 nitrogen and oxygen atoms in total. The van der Waals surface area contributed by atoms with Gasteiger partial charge in [-0.05, 0) is 37.6 Å². The van der Waals surface area contributed by atoms with Crippen LogP contribution in [-0.2, 0) is 0 Å². The van der Waals surface area contributed by atoms with E-state index in [4.69, 9.17) is 4.42 Å².